The molecule has 76 valence electrons. The van der Waals surface area contributed by atoms with Crippen LogP contribution in [-0.2, 0) is 4.79 Å². The number of amides is 1. The van der Waals surface area contributed by atoms with E-state index in [4.69, 9.17) is 23.2 Å². The highest BCUT2D eigenvalue weighted by Gasteiger charge is 2.11. The lowest BCUT2D eigenvalue weighted by atomic mass is 10.4. The predicted octanol–water partition coefficient (Wildman–Crippen LogP) is 2.00. The topological polar surface area (TPSA) is 54.9 Å². The zero-order chi connectivity index (χ0) is 10.7. The number of rotatable bonds is 2. The number of hydrogen-bond acceptors (Lipinski definition) is 3. The molecule has 0 aliphatic heterocycles. The summed E-state index contributed by atoms with van der Waals surface area (Å²) in [6.45, 7) is 3.32. The Morgan fingerprint density at radius 2 is 2.21 bits per heavy atom. The summed E-state index contributed by atoms with van der Waals surface area (Å²) in [5.41, 5.74) is 0.683. The van der Waals surface area contributed by atoms with Crippen molar-refractivity contribution in [3.05, 3.63) is 16.9 Å². The van der Waals surface area contributed by atoms with Crippen LogP contribution in [0.4, 0.5) is 5.95 Å². The van der Waals surface area contributed by atoms with E-state index in [-0.39, 0.29) is 17.0 Å². The first-order valence-electron chi connectivity index (χ1n) is 3.95. The van der Waals surface area contributed by atoms with Gasteiger partial charge in [0.2, 0.25) is 11.9 Å². The predicted molar refractivity (Wildman–Crippen MR) is 55.7 cm³/mol. The van der Waals surface area contributed by atoms with E-state index < -0.39 is 5.38 Å². The van der Waals surface area contributed by atoms with E-state index in [0.29, 0.717) is 5.69 Å². The van der Waals surface area contributed by atoms with Crippen LogP contribution < -0.4 is 5.32 Å². The van der Waals surface area contributed by atoms with Gasteiger partial charge in [-0.2, -0.15) is 0 Å². The van der Waals surface area contributed by atoms with E-state index in [1.807, 2.05) is 0 Å². The lowest BCUT2D eigenvalue weighted by Crippen LogP contribution is -2.21. The quantitative estimate of drug-likeness (QED) is 0.628. The highest BCUT2D eigenvalue weighted by molar-refractivity contribution is 6.32. The van der Waals surface area contributed by atoms with Crippen molar-refractivity contribution in [2.45, 2.75) is 19.2 Å². The Morgan fingerprint density at radius 3 is 2.71 bits per heavy atom. The maximum atomic E-state index is 11.2. The monoisotopic (exact) mass is 233 g/mol. The van der Waals surface area contributed by atoms with Crippen molar-refractivity contribution in [1.82, 2.24) is 9.97 Å². The summed E-state index contributed by atoms with van der Waals surface area (Å²) < 4.78 is 0. The molecule has 4 nitrogen and oxygen atoms in total. The highest BCUT2D eigenvalue weighted by Crippen LogP contribution is 2.10. The standard InChI is InChI=1S/C8H9Cl2N3O/c1-4-3-6(10)12-8(11-4)13-7(14)5(2)9/h3,5H,1-2H3,(H,11,12,13,14). The van der Waals surface area contributed by atoms with Gasteiger partial charge in [-0.15, -0.1) is 11.6 Å². The average molecular weight is 234 g/mol. The third kappa shape index (κ3) is 3.12. The number of nitrogens with one attached hydrogen (secondary N) is 1. The number of carbonyl (C=O) groups excluding carboxylic acids is 1. The number of carbonyl (C=O) groups is 1. The van der Waals surface area contributed by atoms with Gasteiger partial charge in [-0.1, -0.05) is 11.6 Å². The molecule has 1 rings (SSSR count). The number of anilines is 1. The van der Waals surface area contributed by atoms with E-state index >= 15 is 0 Å². The third-order valence-corrected chi connectivity index (χ3v) is 1.81. The Bertz CT molecular complexity index is 334. The molecule has 1 aromatic heterocycles. The van der Waals surface area contributed by atoms with Crippen LogP contribution in [0.2, 0.25) is 5.15 Å². The van der Waals surface area contributed by atoms with E-state index in [2.05, 4.69) is 15.3 Å². The summed E-state index contributed by atoms with van der Waals surface area (Å²) in [7, 11) is 0. The number of hydrogen-bond donors (Lipinski definition) is 1. The number of alkyl halides is 1. The molecule has 1 atom stereocenters. The summed E-state index contributed by atoms with van der Waals surface area (Å²) in [6.07, 6.45) is 0. The number of halogens is 2. The Hall–Kier alpha value is -0.870. The van der Waals surface area contributed by atoms with Crippen LogP contribution in [0.1, 0.15) is 12.6 Å². The van der Waals surface area contributed by atoms with Crippen molar-refractivity contribution in [2.24, 2.45) is 0 Å². The maximum Gasteiger partial charge on any atom is 0.244 e. The average Bonchev–Trinajstić information content (AvgIpc) is 2.01. The molecule has 0 fully saturated rings. The van der Waals surface area contributed by atoms with Crippen LogP contribution in [0.25, 0.3) is 0 Å². The van der Waals surface area contributed by atoms with Gasteiger partial charge in [0.1, 0.15) is 10.5 Å². The van der Waals surface area contributed by atoms with Gasteiger partial charge in [0.05, 0.1) is 0 Å². The lowest BCUT2D eigenvalue weighted by Gasteiger charge is -2.05. The third-order valence-electron chi connectivity index (χ3n) is 1.42. The van der Waals surface area contributed by atoms with Crippen molar-refractivity contribution in [2.75, 3.05) is 5.32 Å². The molecule has 1 aromatic rings. The fourth-order valence-electron chi connectivity index (χ4n) is 0.796. The molecule has 0 spiro atoms. The van der Waals surface area contributed by atoms with E-state index in [1.165, 1.54) is 0 Å². The Kier molecular flexibility index (Phi) is 3.66. The molecule has 0 bridgehead atoms. The molecule has 14 heavy (non-hydrogen) atoms. The Balaban J connectivity index is 2.82. The number of aromatic nitrogens is 2. The van der Waals surface area contributed by atoms with Crippen molar-refractivity contribution in [1.29, 1.82) is 0 Å². The molecule has 6 heteroatoms. The van der Waals surface area contributed by atoms with Crippen LogP contribution in [0.15, 0.2) is 6.07 Å². The van der Waals surface area contributed by atoms with Crippen LogP contribution in [0.5, 0.6) is 0 Å². The Labute approximate surface area is 91.6 Å². The number of aryl methyl sites for hydroxylation is 1. The fraction of sp³-hybridized carbons (Fsp3) is 0.375. The summed E-state index contributed by atoms with van der Waals surface area (Å²) in [4.78, 5) is 19.0. The van der Waals surface area contributed by atoms with E-state index in [1.54, 1.807) is 19.9 Å². The van der Waals surface area contributed by atoms with E-state index in [9.17, 15) is 4.79 Å². The molecule has 0 aliphatic rings. The van der Waals surface area contributed by atoms with Gasteiger partial charge < -0.3 is 0 Å². The first-order chi connectivity index (χ1) is 6.49. The summed E-state index contributed by atoms with van der Waals surface area (Å²) >= 11 is 11.2. The van der Waals surface area contributed by atoms with Gasteiger partial charge in [0.25, 0.3) is 0 Å². The summed E-state index contributed by atoms with van der Waals surface area (Å²) in [5.74, 6) is -0.180. The fourth-order valence-corrected chi connectivity index (χ4v) is 1.09. The minimum atomic E-state index is -0.627. The molecule has 0 aliphatic carbocycles. The summed E-state index contributed by atoms with van der Waals surface area (Å²) in [6, 6.07) is 1.60. The van der Waals surface area contributed by atoms with E-state index in [0.717, 1.165) is 0 Å². The molecule has 0 saturated heterocycles. The molecule has 0 saturated carbocycles. The van der Waals surface area contributed by atoms with Crippen molar-refractivity contribution in [3.63, 3.8) is 0 Å². The minimum Gasteiger partial charge on any atom is -0.293 e. The first-order valence-corrected chi connectivity index (χ1v) is 4.76. The Morgan fingerprint density at radius 1 is 1.57 bits per heavy atom. The van der Waals surface area contributed by atoms with Crippen molar-refractivity contribution < 1.29 is 4.79 Å². The van der Waals surface area contributed by atoms with Crippen LogP contribution >= 0.6 is 23.2 Å². The van der Waals surface area contributed by atoms with Crippen molar-refractivity contribution in [3.8, 4) is 0 Å². The second kappa shape index (κ2) is 4.57. The van der Waals surface area contributed by atoms with Gasteiger partial charge >= 0.3 is 0 Å². The second-order valence-electron chi connectivity index (χ2n) is 2.76. The molecular weight excluding hydrogens is 225 g/mol. The minimum absolute atomic E-state index is 0.174. The molecule has 0 aromatic carbocycles. The van der Waals surface area contributed by atoms with Gasteiger partial charge in [-0.25, -0.2) is 9.97 Å². The van der Waals surface area contributed by atoms with Gasteiger partial charge in [-0.05, 0) is 19.9 Å². The SMILES string of the molecule is Cc1cc(Cl)nc(NC(=O)C(C)Cl)n1. The molecule has 1 amide bonds. The normalized spacial score (nSPS) is 12.3. The zero-order valence-electron chi connectivity index (χ0n) is 7.71. The molecule has 1 unspecified atom stereocenters. The summed E-state index contributed by atoms with van der Waals surface area (Å²) in [5, 5.41) is 2.11. The number of nitrogens with zero attached hydrogens (tertiary/aromatic N) is 2. The molecule has 1 N–H and O–H groups in total. The van der Waals surface area contributed by atoms with Crippen LogP contribution in [-0.4, -0.2) is 21.3 Å². The molecular formula is C8H9Cl2N3O. The van der Waals surface area contributed by atoms with Gasteiger partial charge in [0, 0.05) is 5.69 Å². The van der Waals surface area contributed by atoms with Crippen LogP contribution in [0, 0.1) is 6.92 Å². The first kappa shape index (κ1) is 11.2. The van der Waals surface area contributed by atoms with Gasteiger partial charge in [-0.3, -0.25) is 10.1 Å². The van der Waals surface area contributed by atoms with Crippen LogP contribution in [0.3, 0.4) is 0 Å². The molecule has 1 heterocycles. The largest absolute Gasteiger partial charge is 0.293 e. The van der Waals surface area contributed by atoms with Crippen molar-refractivity contribution >= 4 is 35.1 Å². The zero-order valence-corrected chi connectivity index (χ0v) is 9.23. The highest BCUT2D eigenvalue weighted by atomic mass is 35.5. The van der Waals surface area contributed by atoms with Gasteiger partial charge in [0.15, 0.2) is 0 Å². The maximum absolute atomic E-state index is 11.2. The second-order valence-corrected chi connectivity index (χ2v) is 3.80. The smallest absolute Gasteiger partial charge is 0.244 e. The molecule has 0 radical (unpaired) electrons. The lowest BCUT2D eigenvalue weighted by molar-refractivity contribution is -0.115.